The fourth-order valence-corrected chi connectivity index (χ4v) is 1.18. The number of methoxy groups -OCH3 is 1. The molecule has 0 unspecified atom stereocenters. The van der Waals surface area contributed by atoms with Crippen LogP contribution in [0.3, 0.4) is 0 Å². The SMILES string of the molecule is COC(=O)C(C)(C)/[N+]([O-])=C/c1ccccc1. The van der Waals surface area contributed by atoms with Crippen LogP contribution in [0.15, 0.2) is 30.3 Å². The molecular formula is C12H15NO3. The summed E-state index contributed by atoms with van der Waals surface area (Å²) in [5.74, 6) is -0.560. The highest BCUT2D eigenvalue weighted by Gasteiger charge is 2.37. The van der Waals surface area contributed by atoms with E-state index in [0.717, 1.165) is 5.56 Å². The molecule has 16 heavy (non-hydrogen) atoms. The van der Waals surface area contributed by atoms with E-state index in [1.54, 1.807) is 12.1 Å². The van der Waals surface area contributed by atoms with Gasteiger partial charge in [0.25, 0.3) is 5.54 Å². The minimum absolute atomic E-state index is 0.560. The van der Waals surface area contributed by atoms with Gasteiger partial charge < -0.3 is 9.94 Å². The van der Waals surface area contributed by atoms with E-state index >= 15 is 0 Å². The molecule has 0 aliphatic rings. The third-order valence-corrected chi connectivity index (χ3v) is 2.30. The number of hydrogen-bond acceptors (Lipinski definition) is 3. The molecule has 0 saturated heterocycles. The van der Waals surface area contributed by atoms with Gasteiger partial charge in [0.2, 0.25) is 0 Å². The molecule has 86 valence electrons. The zero-order valence-electron chi connectivity index (χ0n) is 9.64. The molecule has 0 aliphatic heterocycles. The maximum absolute atomic E-state index is 11.8. The molecule has 0 fully saturated rings. The quantitative estimate of drug-likeness (QED) is 0.256. The number of hydroxylamine groups is 1. The van der Waals surface area contributed by atoms with Crippen molar-refractivity contribution in [1.82, 2.24) is 0 Å². The topological polar surface area (TPSA) is 52.4 Å². The molecule has 0 aromatic heterocycles. The van der Waals surface area contributed by atoms with Crippen LogP contribution in [-0.2, 0) is 9.53 Å². The Balaban J connectivity index is 2.98. The lowest BCUT2D eigenvalue weighted by molar-refractivity contribution is -0.521. The standard InChI is InChI=1S/C12H15NO3/c1-12(2,11(14)16-3)13(15)9-10-7-5-4-6-8-10/h4-9H,1-3H3/b13-9-. The van der Waals surface area contributed by atoms with Gasteiger partial charge in [-0.2, -0.15) is 4.74 Å². The van der Waals surface area contributed by atoms with Crippen LogP contribution in [0.2, 0.25) is 0 Å². The Morgan fingerprint density at radius 2 is 1.94 bits per heavy atom. The van der Waals surface area contributed by atoms with Crippen molar-refractivity contribution < 1.29 is 14.3 Å². The molecule has 1 rings (SSSR count). The lowest BCUT2D eigenvalue weighted by atomic mass is 10.1. The van der Waals surface area contributed by atoms with Crippen molar-refractivity contribution in [2.45, 2.75) is 19.4 Å². The Hall–Kier alpha value is -1.84. The van der Waals surface area contributed by atoms with Gasteiger partial charge in [0.15, 0.2) is 6.21 Å². The van der Waals surface area contributed by atoms with Crippen molar-refractivity contribution >= 4 is 12.2 Å². The van der Waals surface area contributed by atoms with Crippen molar-refractivity contribution in [2.24, 2.45) is 0 Å². The summed E-state index contributed by atoms with van der Waals surface area (Å²) in [7, 11) is 1.26. The maximum atomic E-state index is 11.8. The van der Waals surface area contributed by atoms with Crippen LogP contribution in [-0.4, -0.2) is 29.6 Å². The minimum atomic E-state index is -1.22. The van der Waals surface area contributed by atoms with Crippen LogP contribution < -0.4 is 0 Å². The predicted molar refractivity (Wildman–Crippen MR) is 61.3 cm³/mol. The van der Waals surface area contributed by atoms with Gasteiger partial charge in [0.05, 0.1) is 7.11 Å². The maximum Gasteiger partial charge on any atom is 0.379 e. The zero-order chi connectivity index (χ0) is 12.2. The fraction of sp³-hybridized carbons (Fsp3) is 0.333. The van der Waals surface area contributed by atoms with Gasteiger partial charge in [-0.1, -0.05) is 18.2 Å². The average Bonchev–Trinajstić information content (AvgIpc) is 2.29. The second-order valence-electron chi connectivity index (χ2n) is 3.92. The first-order valence-corrected chi connectivity index (χ1v) is 4.93. The number of hydrogen-bond donors (Lipinski definition) is 0. The first-order valence-electron chi connectivity index (χ1n) is 4.93. The molecule has 0 amide bonds. The largest absolute Gasteiger partial charge is 0.623 e. The molecule has 0 radical (unpaired) electrons. The Morgan fingerprint density at radius 1 is 1.38 bits per heavy atom. The Morgan fingerprint density at radius 3 is 2.44 bits per heavy atom. The molecule has 0 heterocycles. The average molecular weight is 221 g/mol. The molecule has 0 N–H and O–H groups in total. The number of carbonyl (C=O) groups excluding carboxylic acids is 1. The first kappa shape index (κ1) is 12.2. The summed E-state index contributed by atoms with van der Waals surface area (Å²) in [5.41, 5.74) is -0.473. The van der Waals surface area contributed by atoms with Crippen LogP contribution in [0.4, 0.5) is 0 Å². The van der Waals surface area contributed by atoms with E-state index in [1.165, 1.54) is 27.2 Å². The Bertz CT molecular complexity index is 396. The number of rotatable bonds is 3. The van der Waals surface area contributed by atoms with Gasteiger partial charge in [-0.15, -0.1) is 0 Å². The first-order chi connectivity index (χ1) is 7.48. The molecule has 0 spiro atoms. The Kier molecular flexibility index (Phi) is 3.66. The van der Waals surface area contributed by atoms with E-state index in [2.05, 4.69) is 4.74 Å². The van der Waals surface area contributed by atoms with E-state index in [4.69, 9.17) is 0 Å². The lowest BCUT2D eigenvalue weighted by Crippen LogP contribution is -2.42. The summed E-state index contributed by atoms with van der Waals surface area (Å²) in [6.07, 6.45) is 1.37. The fourth-order valence-electron chi connectivity index (χ4n) is 1.18. The van der Waals surface area contributed by atoms with Gasteiger partial charge in [-0.25, -0.2) is 4.79 Å². The van der Waals surface area contributed by atoms with Crippen LogP contribution in [0.1, 0.15) is 19.4 Å². The van der Waals surface area contributed by atoms with Gasteiger partial charge in [0.1, 0.15) is 0 Å². The lowest BCUT2D eigenvalue weighted by Gasteiger charge is -2.20. The number of ether oxygens (including phenoxy) is 1. The van der Waals surface area contributed by atoms with Crippen molar-refractivity contribution in [1.29, 1.82) is 0 Å². The highest BCUT2D eigenvalue weighted by molar-refractivity contribution is 5.81. The van der Waals surface area contributed by atoms with Crippen molar-refractivity contribution in [2.75, 3.05) is 7.11 Å². The molecule has 0 aliphatic carbocycles. The number of carbonyl (C=O) groups is 1. The third kappa shape index (κ3) is 2.59. The van der Waals surface area contributed by atoms with Gasteiger partial charge in [-0.3, -0.25) is 0 Å². The number of esters is 1. The van der Waals surface area contributed by atoms with E-state index in [1.807, 2.05) is 18.2 Å². The normalized spacial score (nSPS) is 12.3. The predicted octanol–water partition coefficient (Wildman–Crippen LogP) is 1.57. The van der Waals surface area contributed by atoms with Crippen LogP contribution in [0, 0.1) is 5.21 Å². The minimum Gasteiger partial charge on any atom is -0.623 e. The van der Waals surface area contributed by atoms with Crippen molar-refractivity contribution in [3.63, 3.8) is 0 Å². The summed E-state index contributed by atoms with van der Waals surface area (Å²) in [6.45, 7) is 3.04. The molecule has 1 aromatic rings. The molecule has 4 nitrogen and oxygen atoms in total. The number of benzene rings is 1. The third-order valence-electron chi connectivity index (χ3n) is 2.30. The summed E-state index contributed by atoms with van der Waals surface area (Å²) in [5, 5.41) is 11.8. The van der Waals surface area contributed by atoms with E-state index in [0.29, 0.717) is 4.74 Å². The van der Waals surface area contributed by atoms with E-state index in [9.17, 15) is 10.0 Å². The molecule has 0 bridgehead atoms. The van der Waals surface area contributed by atoms with Crippen molar-refractivity contribution in [3.8, 4) is 0 Å². The van der Waals surface area contributed by atoms with E-state index in [-0.39, 0.29) is 0 Å². The van der Waals surface area contributed by atoms with Gasteiger partial charge in [-0.05, 0) is 12.1 Å². The van der Waals surface area contributed by atoms with E-state index < -0.39 is 11.5 Å². The highest BCUT2D eigenvalue weighted by atomic mass is 16.5. The van der Waals surface area contributed by atoms with Gasteiger partial charge >= 0.3 is 5.97 Å². The van der Waals surface area contributed by atoms with Crippen LogP contribution in [0.25, 0.3) is 0 Å². The molecule has 0 saturated carbocycles. The summed E-state index contributed by atoms with van der Waals surface area (Å²) < 4.78 is 5.18. The monoisotopic (exact) mass is 221 g/mol. The highest BCUT2D eigenvalue weighted by Crippen LogP contribution is 2.10. The summed E-state index contributed by atoms with van der Waals surface area (Å²) >= 11 is 0. The second-order valence-corrected chi connectivity index (χ2v) is 3.92. The number of nitrogens with zero attached hydrogens (tertiary/aromatic N) is 1. The Labute approximate surface area is 94.7 Å². The van der Waals surface area contributed by atoms with Crippen LogP contribution in [0.5, 0.6) is 0 Å². The molecule has 0 atom stereocenters. The summed E-state index contributed by atoms with van der Waals surface area (Å²) in [4.78, 5) is 11.4. The molecular weight excluding hydrogens is 206 g/mol. The second kappa shape index (κ2) is 4.79. The zero-order valence-corrected chi connectivity index (χ0v) is 9.64. The summed E-state index contributed by atoms with van der Waals surface area (Å²) in [6, 6.07) is 9.09. The van der Waals surface area contributed by atoms with Gasteiger partial charge in [0, 0.05) is 19.4 Å². The molecule has 4 heteroatoms. The molecule has 1 aromatic carbocycles. The smallest absolute Gasteiger partial charge is 0.379 e. The van der Waals surface area contributed by atoms with Crippen molar-refractivity contribution in [3.05, 3.63) is 41.1 Å². The van der Waals surface area contributed by atoms with Crippen LogP contribution >= 0.6 is 0 Å².